The standard InChI is InChI=1S/C22H24N4O3/c1-15(16-8-4-3-5-9-16)23-21(27)13-12-18-22(28)24-20(26-25-18)14-17-10-6-7-11-19(17)29-2/h3-11,15H,12-14H2,1-2H3,(H,23,27)(H,24,26,28). The number of aromatic amines is 1. The highest BCUT2D eigenvalue weighted by Crippen LogP contribution is 2.19. The fourth-order valence-corrected chi connectivity index (χ4v) is 3.04. The van der Waals surface area contributed by atoms with Crippen LogP contribution < -0.4 is 15.6 Å². The van der Waals surface area contributed by atoms with Gasteiger partial charge in [0.1, 0.15) is 17.3 Å². The third-order valence-electron chi connectivity index (χ3n) is 4.63. The summed E-state index contributed by atoms with van der Waals surface area (Å²) in [5, 5.41) is 11.1. The molecular formula is C22H24N4O3. The molecule has 1 atom stereocenters. The number of aryl methyl sites for hydroxylation is 1. The maximum atomic E-state index is 12.3. The lowest BCUT2D eigenvalue weighted by atomic mass is 10.1. The van der Waals surface area contributed by atoms with Crippen molar-refractivity contribution in [3.63, 3.8) is 0 Å². The van der Waals surface area contributed by atoms with E-state index in [4.69, 9.17) is 4.74 Å². The largest absolute Gasteiger partial charge is 0.496 e. The number of carbonyl (C=O) groups excluding carboxylic acids is 1. The topological polar surface area (TPSA) is 97.0 Å². The zero-order valence-electron chi connectivity index (χ0n) is 16.5. The number of rotatable bonds is 8. The first-order chi connectivity index (χ1) is 14.1. The molecule has 1 aromatic heterocycles. The Hall–Kier alpha value is -3.48. The van der Waals surface area contributed by atoms with Gasteiger partial charge in [0.15, 0.2) is 0 Å². The first-order valence-corrected chi connectivity index (χ1v) is 9.47. The van der Waals surface area contributed by atoms with Crippen LogP contribution in [0.2, 0.25) is 0 Å². The van der Waals surface area contributed by atoms with Gasteiger partial charge in [-0.3, -0.25) is 9.59 Å². The molecule has 1 amide bonds. The van der Waals surface area contributed by atoms with E-state index in [1.165, 1.54) is 0 Å². The van der Waals surface area contributed by atoms with E-state index in [0.29, 0.717) is 12.2 Å². The predicted octanol–water partition coefficient (Wildman–Crippen LogP) is 2.57. The van der Waals surface area contributed by atoms with Crippen LogP contribution in [0.3, 0.4) is 0 Å². The minimum Gasteiger partial charge on any atom is -0.496 e. The van der Waals surface area contributed by atoms with Crippen LogP contribution in [0.4, 0.5) is 0 Å². The van der Waals surface area contributed by atoms with Crippen molar-refractivity contribution in [3.8, 4) is 5.75 Å². The normalized spacial score (nSPS) is 11.7. The monoisotopic (exact) mass is 392 g/mol. The number of nitrogens with zero attached hydrogens (tertiary/aromatic N) is 2. The van der Waals surface area contributed by atoms with E-state index < -0.39 is 0 Å². The van der Waals surface area contributed by atoms with Gasteiger partial charge in [-0.25, -0.2) is 0 Å². The molecule has 7 heteroatoms. The quantitative estimate of drug-likeness (QED) is 0.614. The molecule has 0 aliphatic heterocycles. The summed E-state index contributed by atoms with van der Waals surface area (Å²) in [6.07, 6.45) is 0.799. The SMILES string of the molecule is COc1ccccc1Cc1nnc(CCC(=O)NC(C)c2ccccc2)c(=O)[nH]1. The van der Waals surface area contributed by atoms with Crippen molar-refractivity contribution >= 4 is 5.91 Å². The van der Waals surface area contributed by atoms with Crippen LogP contribution in [0.15, 0.2) is 59.4 Å². The number of hydrogen-bond donors (Lipinski definition) is 2. The molecule has 0 radical (unpaired) electrons. The van der Waals surface area contributed by atoms with Crippen LogP contribution in [0.5, 0.6) is 5.75 Å². The van der Waals surface area contributed by atoms with E-state index in [2.05, 4.69) is 20.5 Å². The fraction of sp³-hybridized carbons (Fsp3) is 0.273. The van der Waals surface area contributed by atoms with E-state index in [0.717, 1.165) is 16.9 Å². The van der Waals surface area contributed by atoms with Crippen molar-refractivity contribution in [2.24, 2.45) is 0 Å². The number of amides is 1. The van der Waals surface area contributed by atoms with Gasteiger partial charge in [-0.2, -0.15) is 0 Å². The molecule has 0 aliphatic carbocycles. The number of nitrogens with one attached hydrogen (secondary N) is 2. The lowest BCUT2D eigenvalue weighted by molar-refractivity contribution is -0.121. The Morgan fingerprint density at radius 1 is 1.10 bits per heavy atom. The summed E-state index contributed by atoms with van der Waals surface area (Å²) in [6.45, 7) is 1.92. The Bertz CT molecular complexity index is 1020. The number of methoxy groups -OCH3 is 1. The lowest BCUT2D eigenvalue weighted by Gasteiger charge is -2.14. The minimum atomic E-state index is -0.325. The second-order valence-electron chi connectivity index (χ2n) is 6.74. The first kappa shape index (κ1) is 20.3. The Morgan fingerprint density at radius 2 is 1.83 bits per heavy atom. The smallest absolute Gasteiger partial charge is 0.272 e. The third kappa shape index (κ3) is 5.51. The van der Waals surface area contributed by atoms with Crippen LogP contribution in [0, 0.1) is 0 Å². The minimum absolute atomic E-state index is 0.101. The van der Waals surface area contributed by atoms with Crippen LogP contribution in [-0.2, 0) is 17.6 Å². The highest BCUT2D eigenvalue weighted by atomic mass is 16.5. The van der Waals surface area contributed by atoms with Crippen molar-refractivity contribution in [3.05, 3.63) is 87.6 Å². The molecule has 2 N–H and O–H groups in total. The molecule has 150 valence electrons. The van der Waals surface area contributed by atoms with Crippen LogP contribution >= 0.6 is 0 Å². The molecule has 3 rings (SSSR count). The van der Waals surface area contributed by atoms with Gasteiger partial charge in [0.05, 0.1) is 13.2 Å². The third-order valence-corrected chi connectivity index (χ3v) is 4.63. The number of ether oxygens (including phenoxy) is 1. The summed E-state index contributed by atoms with van der Waals surface area (Å²) >= 11 is 0. The van der Waals surface area contributed by atoms with E-state index >= 15 is 0 Å². The predicted molar refractivity (Wildman–Crippen MR) is 110 cm³/mol. The van der Waals surface area contributed by atoms with Gasteiger partial charge in [0.25, 0.3) is 5.56 Å². The molecule has 0 fully saturated rings. The Balaban J connectivity index is 1.58. The lowest BCUT2D eigenvalue weighted by Crippen LogP contribution is -2.28. The molecule has 0 spiro atoms. The van der Waals surface area contributed by atoms with Crippen molar-refractivity contribution in [1.82, 2.24) is 20.5 Å². The van der Waals surface area contributed by atoms with E-state index in [9.17, 15) is 9.59 Å². The summed E-state index contributed by atoms with van der Waals surface area (Å²) in [5.74, 6) is 1.04. The van der Waals surface area contributed by atoms with Crippen LogP contribution in [0.1, 0.15) is 42.0 Å². The highest BCUT2D eigenvalue weighted by Gasteiger charge is 2.12. The van der Waals surface area contributed by atoms with Crippen molar-refractivity contribution < 1.29 is 9.53 Å². The number of benzene rings is 2. The first-order valence-electron chi connectivity index (χ1n) is 9.47. The van der Waals surface area contributed by atoms with Gasteiger partial charge in [0.2, 0.25) is 5.91 Å². The Labute approximate surface area is 169 Å². The molecule has 0 bridgehead atoms. The highest BCUT2D eigenvalue weighted by molar-refractivity contribution is 5.76. The molecule has 0 aliphatic rings. The molecule has 7 nitrogen and oxygen atoms in total. The molecule has 29 heavy (non-hydrogen) atoms. The number of hydrogen-bond acceptors (Lipinski definition) is 5. The molecule has 1 unspecified atom stereocenters. The van der Waals surface area contributed by atoms with Gasteiger partial charge in [0, 0.05) is 24.8 Å². The number of carbonyl (C=O) groups is 1. The summed E-state index contributed by atoms with van der Waals surface area (Å²) in [6, 6.07) is 17.1. The summed E-state index contributed by atoms with van der Waals surface area (Å²) in [4.78, 5) is 27.3. The maximum Gasteiger partial charge on any atom is 0.272 e. The zero-order chi connectivity index (χ0) is 20.6. The average Bonchev–Trinajstić information content (AvgIpc) is 2.74. The Kier molecular flexibility index (Phi) is 6.73. The molecular weight excluding hydrogens is 368 g/mol. The van der Waals surface area contributed by atoms with Gasteiger partial charge in [-0.15, -0.1) is 10.2 Å². The molecule has 1 heterocycles. The average molecular weight is 392 g/mol. The summed E-state index contributed by atoms with van der Waals surface area (Å²) < 4.78 is 5.32. The van der Waals surface area contributed by atoms with Gasteiger partial charge in [-0.1, -0.05) is 48.5 Å². The molecule has 0 saturated heterocycles. The molecule has 2 aromatic carbocycles. The zero-order valence-corrected chi connectivity index (χ0v) is 16.5. The molecule has 3 aromatic rings. The number of aromatic nitrogens is 3. The van der Waals surface area contributed by atoms with Crippen molar-refractivity contribution in [2.45, 2.75) is 32.2 Å². The number of para-hydroxylation sites is 1. The summed E-state index contributed by atoms with van der Waals surface area (Å²) in [7, 11) is 1.60. The second kappa shape index (κ2) is 9.64. The maximum absolute atomic E-state index is 12.3. The van der Waals surface area contributed by atoms with Crippen molar-refractivity contribution in [1.29, 1.82) is 0 Å². The van der Waals surface area contributed by atoms with E-state index in [1.807, 2.05) is 61.5 Å². The van der Waals surface area contributed by atoms with E-state index in [1.54, 1.807) is 7.11 Å². The van der Waals surface area contributed by atoms with Crippen molar-refractivity contribution in [2.75, 3.05) is 7.11 Å². The van der Waals surface area contributed by atoms with E-state index in [-0.39, 0.29) is 36.0 Å². The van der Waals surface area contributed by atoms with Gasteiger partial charge >= 0.3 is 0 Å². The van der Waals surface area contributed by atoms with Crippen LogP contribution in [-0.4, -0.2) is 28.2 Å². The fourth-order valence-electron chi connectivity index (χ4n) is 3.04. The Morgan fingerprint density at radius 3 is 2.55 bits per heavy atom. The van der Waals surface area contributed by atoms with Gasteiger partial charge < -0.3 is 15.0 Å². The summed E-state index contributed by atoms with van der Waals surface area (Å²) in [5.41, 5.74) is 1.85. The number of H-pyrrole nitrogens is 1. The van der Waals surface area contributed by atoms with Crippen LogP contribution in [0.25, 0.3) is 0 Å². The van der Waals surface area contributed by atoms with Gasteiger partial charge in [-0.05, 0) is 18.6 Å². The molecule has 0 saturated carbocycles. The second-order valence-corrected chi connectivity index (χ2v) is 6.74.